The standard InChI is InChI=1S/C23H25N3O4S/c1-2-12-26-20-6-4-3-5-18(20)23(22(26)28)11-13-25(15-23)31(29,30)17-8-9-19-16(14-17)7-10-21(27)24-19/h3-6,8-9,14H,2,7,10-13,15H2,1H3,(H,24,27). The van der Waals surface area contributed by atoms with Gasteiger partial charge in [-0.25, -0.2) is 8.42 Å². The van der Waals surface area contributed by atoms with Gasteiger partial charge in [0, 0.05) is 37.4 Å². The van der Waals surface area contributed by atoms with E-state index in [9.17, 15) is 18.0 Å². The highest BCUT2D eigenvalue weighted by atomic mass is 32.2. The number of fused-ring (bicyclic) bond motifs is 3. The number of carbonyl (C=O) groups is 2. The van der Waals surface area contributed by atoms with Crippen LogP contribution in [0.4, 0.5) is 11.4 Å². The Bertz CT molecular complexity index is 1190. The Hall–Kier alpha value is -2.71. The van der Waals surface area contributed by atoms with Crippen LogP contribution in [0.5, 0.6) is 0 Å². The Labute approximate surface area is 182 Å². The maximum Gasteiger partial charge on any atom is 0.243 e. The van der Waals surface area contributed by atoms with E-state index in [1.165, 1.54) is 4.31 Å². The van der Waals surface area contributed by atoms with Gasteiger partial charge in [-0.1, -0.05) is 25.1 Å². The number of amides is 2. The number of hydrogen-bond donors (Lipinski definition) is 1. The third-order valence-corrected chi connectivity index (χ3v) is 8.50. The zero-order valence-electron chi connectivity index (χ0n) is 17.4. The van der Waals surface area contributed by atoms with Crippen molar-refractivity contribution in [1.29, 1.82) is 0 Å². The Morgan fingerprint density at radius 2 is 1.90 bits per heavy atom. The first-order valence-corrected chi connectivity index (χ1v) is 12.2. The molecule has 2 aromatic carbocycles. The van der Waals surface area contributed by atoms with Gasteiger partial charge in [-0.15, -0.1) is 0 Å². The first kappa shape index (κ1) is 20.2. The molecule has 5 rings (SSSR count). The predicted octanol–water partition coefficient (Wildman–Crippen LogP) is 2.66. The van der Waals surface area contributed by atoms with Crippen molar-refractivity contribution in [2.24, 2.45) is 0 Å². The molecule has 3 aliphatic heterocycles. The summed E-state index contributed by atoms with van der Waals surface area (Å²) in [5, 5.41) is 2.78. The van der Waals surface area contributed by atoms with Gasteiger partial charge in [0.2, 0.25) is 21.8 Å². The lowest BCUT2D eigenvalue weighted by molar-refractivity contribution is -0.122. The van der Waals surface area contributed by atoms with Gasteiger partial charge in [-0.05, 0) is 54.7 Å². The van der Waals surface area contributed by atoms with E-state index in [0.717, 1.165) is 23.2 Å². The number of hydrogen-bond acceptors (Lipinski definition) is 4. The highest BCUT2D eigenvalue weighted by Gasteiger charge is 2.56. The van der Waals surface area contributed by atoms with E-state index in [1.54, 1.807) is 18.2 Å². The normalized spacial score (nSPS) is 23.2. The molecule has 3 aliphatic rings. The molecule has 8 heteroatoms. The fourth-order valence-corrected chi connectivity index (χ4v) is 6.64. The maximum atomic E-state index is 13.5. The summed E-state index contributed by atoms with van der Waals surface area (Å²) in [5.41, 5.74) is 2.51. The average molecular weight is 440 g/mol. The van der Waals surface area contributed by atoms with Crippen LogP contribution in [-0.2, 0) is 31.4 Å². The number of sulfonamides is 1. The van der Waals surface area contributed by atoms with Gasteiger partial charge in [0.1, 0.15) is 0 Å². The molecule has 0 saturated carbocycles. The molecule has 1 N–H and O–H groups in total. The Kier molecular flexibility index (Phi) is 4.67. The summed E-state index contributed by atoms with van der Waals surface area (Å²) in [5.74, 6) is -0.0546. The van der Waals surface area contributed by atoms with Crippen molar-refractivity contribution >= 4 is 33.2 Å². The second-order valence-electron chi connectivity index (χ2n) is 8.51. The molecule has 1 spiro atoms. The van der Waals surface area contributed by atoms with Gasteiger partial charge in [0.05, 0.1) is 10.3 Å². The van der Waals surface area contributed by atoms with Crippen molar-refractivity contribution in [2.45, 2.75) is 42.9 Å². The highest BCUT2D eigenvalue weighted by molar-refractivity contribution is 7.89. The summed E-state index contributed by atoms with van der Waals surface area (Å²) in [6.07, 6.45) is 2.18. The van der Waals surface area contributed by atoms with E-state index in [2.05, 4.69) is 5.32 Å². The summed E-state index contributed by atoms with van der Waals surface area (Å²) in [7, 11) is -3.75. The third kappa shape index (κ3) is 3.00. The quantitative estimate of drug-likeness (QED) is 0.794. The fourth-order valence-electron chi connectivity index (χ4n) is 5.09. The Morgan fingerprint density at radius 1 is 1.10 bits per heavy atom. The van der Waals surface area contributed by atoms with Crippen LogP contribution in [0.3, 0.4) is 0 Å². The van der Waals surface area contributed by atoms with Gasteiger partial charge in [-0.2, -0.15) is 4.31 Å². The fraction of sp³-hybridized carbons (Fsp3) is 0.391. The molecule has 7 nitrogen and oxygen atoms in total. The number of benzene rings is 2. The topological polar surface area (TPSA) is 86.8 Å². The van der Waals surface area contributed by atoms with Crippen molar-refractivity contribution in [3.05, 3.63) is 53.6 Å². The van der Waals surface area contributed by atoms with E-state index in [0.29, 0.717) is 38.0 Å². The van der Waals surface area contributed by atoms with E-state index >= 15 is 0 Å². The minimum Gasteiger partial charge on any atom is -0.326 e. The molecule has 0 radical (unpaired) electrons. The first-order chi connectivity index (χ1) is 14.9. The lowest BCUT2D eigenvalue weighted by atomic mass is 9.81. The minimum absolute atomic E-state index is 0.00130. The summed E-state index contributed by atoms with van der Waals surface area (Å²) in [4.78, 5) is 27.1. The zero-order chi connectivity index (χ0) is 21.8. The number of aryl methyl sites for hydroxylation is 1. The van der Waals surface area contributed by atoms with Crippen LogP contribution in [-0.4, -0.2) is 44.2 Å². The van der Waals surface area contributed by atoms with Crippen molar-refractivity contribution in [2.75, 3.05) is 29.9 Å². The van der Waals surface area contributed by atoms with Crippen LogP contribution in [0, 0.1) is 0 Å². The van der Waals surface area contributed by atoms with Gasteiger partial charge in [0.15, 0.2) is 0 Å². The molecular formula is C23H25N3O4S. The monoisotopic (exact) mass is 439 g/mol. The van der Waals surface area contributed by atoms with Crippen molar-refractivity contribution in [3.63, 3.8) is 0 Å². The van der Waals surface area contributed by atoms with Crippen molar-refractivity contribution < 1.29 is 18.0 Å². The zero-order valence-corrected chi connectivity index (χ0v) is 18.2. The molecule has 31 heavy (non-hydrogen) atoms. The number of carbonyl (C=O) groups excluding carboxylic acids is 2. The van der Waals surface area contributed by atoms with Gasteiger partial charge in [-0.3, -0.25) is 9.59 Å². The molecule has 162 valence electrons. The maximum absolute atomic E-state index is 13.5. The number of nitrogens with one attached hydrogen (secondary N) is 1. The van der Waals surface area contributed by atoms with Gasteiger partial charge < -0.3 is 10.2 Å². The van der Waals surface area contributed by atoms with Crippen LogP contribution in [0.1, 0.15) is 37.3 Å². The Morgan fingerprint density at radius 3 is 2.71 bits per heavy atom. The van der Waals surface area contributed by atoms with E-state index in [4.69, 9.17) is 0 Å². The van der Waals surface area contributed by atoms with Crippen LogP contribution in [0.25, 0.3) is 0 Å². The molecule has 1 unspecified atom stereocenters. The summed E-state index contributed by atoms with van der Waals surface area (Å²) < 4.78 is 28.4. The minimum atomic E-state index is -3.75. The molecular weight excluding hydrogens is 414 g/mol. The lowest BCUT2D eigenvalue weighted by Crippen LogP contribution is -2.43. The second kappa shape index (κ2) is 7.17. The number of anilines is 2. The lowest BCUT2D eigenvalue weighted by Gasteiger charge is -2.25. The van der Waals surface area contributed by atoms with E-state index in [1.807, 2.05) is 36.1 Å². The highest BCUT2D eigenvalue weighted by Crippen LogP contribution is 2.48. The molecule has 2 amide bonds. The molecule has 1 atom stereocenters. The smallest absolute Gasteiger partial charge is 0.243 e. The summed E-state index contributed by atoms with van der Waals surface area (Å²) in [6.45, 7) is 3.11. The molecule has 0 bridgehead atoms. The second-order valence-corrected chi connectivity index (χ2v) is 10.4. The molecule has 0 aliphatic carbocycles. The molecule has 2 aromatic rings. The van der Waals surface area contributed by atoms with Crippen molar-refractivity contribution in [3.8, 4) is 0 Å². The molecule has 1 saturated heterocycles. The van der Waals surface area contributed by atoms with Crippen LogP contribution < -0.4 is 10.2 Å². The summed E-state index contributed by atoms with van der Waals surface area (Å²) in [6, 6.07) is 12.6. The van der Waals surface area contributed by atoms with Crippen molar-refractivity contribution in [1.82, 2.24) is 4.31 Å². The van der Waals surface area contributed by atoms with Gasteiger partial charge in [0.25, 0.3) is 0 Å². The number of para-hydroxylation sites is 1. The molecule has 3 heterocycles. The third-order valence-electron chi connectivity index (χ3n) is 6.66. The largest absolute Gasteiger partial charge is 0.326 e. The average Bonchev–Trinajstić information content (AvgIpc) is 3.32. The molecule has 0 aromatic heterocycles. The number of rotatable bonds is 4. The number of nitrogens with zero attached hydrogens (tertiary/aromatic N) is 2. The van der Waals surface area contributed by atoms with Crippen LogP contribution in [0.2, 0.25) is 0 Å². The Balaban J connectivity index is 1.48. The molecule has 1 fully saturated rings. The van der Waals surface area contributed by atoms with Crippen LogP contribution >= 0.6 is 0 Å². The van der Waals surface area contributed by atoms with E-state index in [-0.39, 0.29) is 23.3 Å². The van der Waals surface area contributed by atoms with Gasteiger partial charge >= 0.3 is 0 Å². The SMILES string of the molecule is CCCN1C(=O)C2(CCN(S(=O)(=O)c3ccc4c(c3)CCC(=O)N4)C2)c2ccccc21. The predicted molar refractivity (Wildman–Crippen MR) is 118 cm³/mol. The van der Waals surface area contributed by atoms with Crippen LogP contribution in [0.15, 0.2) is 47.4 Å². The summed E-state index contributed by atoms with van der Waals surface area (Å²) >= 11 is 0. The van der Waals surface area contributed by atoms with E-state index < -0.39 is 15.4 Å². The first-order valence-electron chi connectivity index (χ1n) is 10.7.